The molecule has 0 aliphatic heterocycles. The summed E-state index contributed by atoms with van der Waals surface area (Å²) in [5.74, 6) is 0.809. The molecule has 0 bridgehead atoms. The molecule has 17 nitrogen and oxygen atoms in total. The largest absolute Gasteiger partial charge is 0.472 e. The third-order valence-electron chi connectivity index (χ3n) is 15.7. The lowest BCUT2D eigenvalue weighted by molar-refractivity contribution is -0.161. The monoisotopic (exact) mass is 1270 g/mol. The molecule has 0 aromatic carbocycles. The van der Waals surface area contributed by atoms with Gasteiger partial charge in [-0.05, 0) is 49.4 Å². The first-order valence-corrected chi connectivity index (χ1v) is 37.7. The van der Waals surface area contributed by atoms with E-state index in [1.165, 1.54) is 122 Å². The first-order valence-electron chi connectivity index (χ1n) is 34.7. The molecule has 0 radical (unpaired) electrons. The topological polar surface area (TPSA) is 237 Å². The van der Waals surface area contributed by atoms with E-state index in [4.69, 9.17) is 37.0 Å². The molecule has 0 spiro atoms. The second kappa shape index (κ2) is 57.0. The van der Waals surface area contributed by atoms with Gasteiger partial charge in [-0.2, -0.15) is 0 Å². The van der Waals surface area contributed by atoms with Crippen LogP contribution in [0, 0.1) is 23.7 Å². The minimum Gasteiger partial charge on any atom is -0.462 e. The molecule has 510 valence electrons. The third-order valence-corrected chi connectivity index (χ3v) is 17.6. The summed E-state index contributed by atoms with van der Waals surface area (Å²) in [5.41, 5.74) is 0. The summed E-state index contributed by atoms with van der Waals surface area (Å²) in [6, 6.07) is 0. The number of aliphatic hydroxyl groups is 1. The Bertz CT molecular complexity index is 1720. The number of ether oxygens (including phenoxy) is 4. The molecule has 0 aliphatic carbocycles. The van der Waals surface area contributed by atoms with Gasteiger partial charge >= 0.3 is 39.5 Å². The molecule has 3 unspecified atom stereocenters. The Balaban J connectivity index is 5.26. The standard InChI is InChI=1S/C67H130O17P2/c1-9-60(8)46-38-30-25-26-32-40-48-65(70)78-54-63(83-66(71)49-41-33-23-15-11-10-13-19-27-35-43-57(2)3)56-82-86(75,76)80-52-61(68)51-79-85(73,74)81-55-62(84-67(72)50-42-34-24-18-17-21-29-37-45-59(6)7)53-77-64(69)47-39-31-22-16-12-14-20-28-36-44-58(4)5/h57-63,68H,9-56H2,1-8H3,(H,73,74)(H,75,76)/t60?,61-,62-,63-/m1/s1. The lowest BCUT2D eigenvalue weighted by Gasteiger charge is -2.21. The molecule has 86 heavy (non-hydrogen) atoms. The first-order chi connectivity index (χ1) is 41.1. The number of unbranched alkanes of at least 4 members (excludes halogenated alkanes) is 29. The summed E-state index contributed by atoms with van der Waals surface area (Å²) >= 11 is 0. The van der Waals surface area contributed by atoms with Crippen LogP contribution in [-0.2, 0) is 65.4 Å². The number of hydrogen-bond donors (Lipinski definition) is 3. The average molecular weight is 1270 g/mol. The maximum absolute atomic E-state index is 13.0. The maximum atomic E-state index is 13.0. The van der Waals surface area contributed by atoms with E-state index in [0.717, 1.165) is 120 Å². The summed E-state index contributed by atoms with van der Waals surface area (Å²) in [4.78, 5) is 72.4. The van der Waals surface area contributed by atoms with Gasteiger partial charge in [-0.1, -0.05) is 274 Å². The van der Waals surface area contributed by atoms with E-state index in [9.17, 15) is 43.2 Å². The minimum atomic E-state index is -4.95. The summed E-state index contributed by atoms with van der Waals surface area (Å²) in [6.45, 7) is 14.0. The van der Waals surface area contributed by atoms with Crippen molar-refractivity contribution >= 4 is 39.5 Å². The van der Waals surface area contributed by atoms with Crippen molar-refractivity contribution in [3.63, 3.8) is 0 Å². The lowest BCUT2D eigenvalue weighted by Crippen LogP contribution is -2.30. The van der Waals surface area contributed by atoms with Crippen molar-refractivity contribution in [3.8, 4) is 0 Å². The van der Waals surface area contributed by atoms with Gasteiger partial charge in [0.15, 0.2) is 12.2 Å². The Hall–Kier alpha value is -1.94. The molecule has 0 aromatic heterocycles. The van der Waals surface area contributed by atoms with Crippen molar-refractivity contribution in [3.05, 3.63) is 0 Å². The lowest BCUT2D eigenvalue weighted by atomic mass is 10.00. The molecule has 0 aliphatic rings. The van der Waals surface area contributed by atoms with E-state index in [0.29, 0.717) is 25.7 Å². The van der Waals surface area contributed by atoms with Crippen LogP contribution in [-0.4, -0.2) is 96.7 Å². The molecule has 3 N–H and O–H groups in total. The maximum Gasteiger partial charge on any atom is 0.472 e. The molecular weight excluding hydrogens is 1140 g/mol. The second-order valence-electron chi connectivity index (χ2n) is 25.9. The van der Waals surface area contributed by atoms with Crippen molar-refractivity contribution in [2.24, 2.45) is 23.7 Å². The van der Waals surface area contributed by atoms with Crippen molar-refractivity contribution in [2.75, 3.05) is 39.6 Å². The van der Waals surface area contributed by atoms with Crippen LogP contribution < -0.4 is 0 Å². The quantitative estimate of drug-likeness (QED) is 0.0222. The van der Waals surface area contributed by atoms with Crippen LogP contribution in [0.2, 0.25) is 0 Å². The van der Waals surface area contributed by atoms with E-state index in [2.05, 4.69) is 55.4 Å². The van der Waals surface area contributed by atoms with Crippen LogP contribution in [0.15, 0.2) is 0 Å². The van der Waals surface area contributed by atoms with Crippen LogP contribution in [0.25, 0.3) is 0 Å². The first kappa shape index (κ1) is 84.1. The smallest absolute Gasteiger partial charge is 0.462 e. The number of esters is 4. The number of aliphatic hydroxyl groups excluding tert-OH is 1. The average Bonchev–Trinajstić information content (AvgIpc) is 3.62. The van der Waals surface area contributed by atoms with Crippen LogP contribution in [0.5, 0.6) is 0 Å². The number of carbonyl (C=O) groups is 4. The zero-order valence-corrected chi connectivity index (χ0v) is 57.7. The zero-order valence-electron chi connectivity index (χ0n) is 55.9. The molecular formula is C67H130O17P2. The SMILES string of the molecule is CCC(C)CCCCCCCCC(=O)OC[C@H](COP(=O)(O)OC[C@H](O)COP(=O)(O)OC[C@@H](COC(=O)CCCCCCCCCCCC(C)C)OC(=O)CCCCCCCCCCC(C)C)OC(=O)CCCCCCCCCCCCC(C)C. The van der Waals surface area contributed by atoms with Crippen molar-refractivity contribution in [2.45, 2.75) is 343 Å². The van der Waals surface area contributed by atoms with Gasteiger partial charge in [-0.3, -0.25) is 37.3 Å². The van der Waals surface area contributed by atoms with Crippen LogP contribution in [0.1, 0.15) is 325 Å². The van der Waals surface area contributed by atoms with Crippen LogP contribution >= 0.6 is 15.6 Å². The Morgan fingerprint density at radius 3 is 0.826 bits per heavy atom. The fourth-order valence-corrected chi connectivity index (χ4v) is 11.5. The fourth-order valence-electron chi connectivity index (χ4n) is 9.93. The van der Waals surface area contributed by atoms with Gasteiger partial charge < -0.3 is 33.8 Å². The van der Waals surface area contributed by atoms with Gasteiger partial charge in [0.1, 0.15) is 19.3 Å². The highest BCUT2D eigenvalue weighted by atomic mass is 31.2. The van der Waals surface area contributed by atoms with Gasteiger partial charge in [-0.15, -0.1) is 0 Å². The number of phosphoric acid groups is 2. The van der Waals surface area contributed by atoms with Crippen LogP contribution in [0.3, 0.4) is 0 Å². The molecule has 0 rings (SSSR count). The summed E-state index contributed by atoms with van der Waals surface area (Å²) < 4.78 is 68.1. The zero-order chi connectivity index (χ0) is 63.9. The minimum absolute atomic E-state index is 0.103. The Morgan fingerprint density at radius 2 is 0.558 bits per heavy atom. The predicted molar refractivity (Wildman–Crippen MR) is 344 cm³/mol. The van der Waals surface area contributed by atoms with Gasteiger partial charge in [0.05, 0.1) is 26.4 Å². The van der Waals surface area contributed by atoms with Crippen molar-refractivity contribution in [1.82, 2.24) is 0 Å². The second-order valence-corrected chi connectivity index (χ2v) is 28.8. The highest BCUT2D eigenvalue weighted by molar-refractivity contribution is 7.47. The van der Waals surface area contributed by atoms with Crippen molar-refractivity contribution in [1.29, 1.82) is 0 Å². The highest BCUT2D eigenvalue weighted by Gasteiger charge is 2.30. The summed E-state index contributed by atoms with van der Waals surface area (Å²) in [6.07, 6.45) is 37.6. The third kappa shape index (κ3) is 59.7. The van der Waals surface area contributed by atoms with E-state index >= 15 is 0 Å². The molecule has 0 saturated heterocycles. The number of phosphoric ester groups is 2. The number of rotatable bonds is 64. The molecule has 0 fully saturated rings. The number of carbonyl (C=O) groups excluding carboxylic acids is 4. The van der Waals surface area contributed by atoms with E-state index in [1.807, 2.05) is 0 Å². The summed E-state index contributed by atoms with van der Waals surface area (Å²) in [7, 11) is -9.90. The van der Waals surface area contributed by atoms with Crippen LogP contribution in [0.4, 0.5) is 0 Å². The van der Waals surface area contributed by atoms with Gasteiger partial charge in [0, 0.05) is 25.7 Å². The highest BCUT2D eigenvalue weighted by Crippen LogP contribution is 2.45. The Morgan fingerprint density at radius 1 is 0.326 bits per heavy atom. The molecule has 0 saturated carbocycles. The summed E-state index contributed by atoms with van der Waals surface area (Å²) in [5, 5.41) is 10.6. The van der Waals surface area contributed by atoms with E-state index in [-0.39, 0.29) is 25.7 Å². The van der Waals surface area contributed by atoms with Crippen molar-refractivity contribution < 1.29 is 80.2 Å². The molecule has 0 heterocycles. The molecule has 0 amide bonds. The van der Waals surface area contributed by atoms with Gasteiger partial charge in [-0.25, -0.2) is 9.13 Å². The normalized spacial score (nSPS) is 14.7. The predicted octanol–water partition coefficient (Wildman–Crippen LogP) is 18.5. The molecule has 19 heteroatoms. The Kier molecular flexibility index (Phi) is 55.7. The number of hydrogen-bond acceptors (Lipinski definition) is 15. The van der Waals surface area contributed by atoms with Gasteiger partial charge in [0.25, 0.3) is 0 Å². The molecule has 6 atom stereocenters. The van der Waals surface area contributed by atoms with E-state index < -0.39 is 97.5 Å². The van der Waals surface area contributed by atoms with Gasteiger partial charge in [0.2, 0.25) is 0 Å². The Labute approximate surface area is 524 Å². The molecule has 0 aromatic rings. The van der Waals surface area contributed by atoms with E-state index in [1.54, 1.807) is 0 Å². The fraction of sp³-hybridized carbons (Fsp3) is 0.940.